The second kappa shape index (κ2) is 8.06. The number of piperidine rings is 1. The first-order valence-electron chi connectivity index (χ1n) is 9.36. The van der Waals surface area contributed by atoms with Crippen molar-refractivity contribution in [3.05, 3.63) is 70.0 Å². The van der Waals surface area contributed by atoms with Gasteiger partial charge in [-0.3, -0.25) is 9.69 Å². The first-order chi connectivity index (χ1) is 13.2. The summed E-state index contributed by atoms with van der Waals surface area (Å²) < 4.78 is 1.98. The van der Waals surface area contributed by atoms with Crippen LogP contribution in [-0.2, 0) is 6.54 Å². The Morgan fingerprint density at radius 1 is 1.15 bits per heavy atom. The summed E-state index contributed by atoms with van der Waals surface area (Å²) in [5, 5.41) is 7.49. The Kier molecular flexibility index (Phi) is 5.36. The molecular formula is C21H24N4OS. The van der Waals surface area contributed by atoms with Gasteiger partial charge in [0.1, 0.15) is 5.82 Å². The molecule has 0 bridgehead atoms. The maximum absolute atomic E-state index is 12.4. The number of hydrogen-bond acceptors (Lipinski definition) is 4. The van der Waals surface area contributed by atoms with Gasteiger partial charge in [0.25, 0.3) is 5.91 Å². The zero-order valence-electron chi connectivity index (χ0n) is 15.5. The summed E-state index contributed by atoms with van der Waals surface area (Å²) in [5.74, 6) is 0.680. The normalized spacial score (nSPS) is 15.7. The van der Waals surface area contributed by atoms with E-state index in [4.69, 9.17) is 0 Å². The lowest BCUT2D eigenvalue weighted by Crippen LogP contribution is -2.34. The monoisotopic (exact) mass is 380 g/mol. The molecule has 0 radical (unpaired) electrons. The van der Waals surface area contributed by atoms with Crippen LogP contribution in [0.5, 0.6) is 0 Å². The largest absolute Gasteiger partial charge is 0.307 e. The number of nitrogens with zero attached hydrogens (tertiary/aromatic N) is 3. The number of rotatable bonds is 5. The van der Waals surface area contributed by atoms with Gasteiger partial charge in [0, 0.05) is 41.0 Å². The van der Waals surface area contributed by atoms with Crippen molar-refractivity contribution < 1.29 is 4.79 Å². The summed E-state index contributed by atoms with van der Waals surface area (Å²) in [4.78, 5) is 17.8. The molecule has 6 heteroatoms. The van der Waals surface area contributed by atoms with Gasteiger partial charge in [0.05, 0.1) is 12.2 Å². The van der Waals surface area contributed by atoms with E-state index in [-0.39, 0.29) is 5.91 Å². The highest BCUT2D eigenvalue weighted by molar-refractivity contribution is 7.11. The number of thiophene rings is 1. The van der Waals surface area contributed by atoms with Crippen LogP contribution >= 0.6 is 11.3 Å². The number of benzene rings is 1. The predicted octanol–water partition coefficient (Wildman–Crippen LogP) is 4.34. The van der Waals surface area contributed by atoms with Crippen LogP contribution in [0, 0.1) is 6.92 Å². The number of likely N-dealkylation sites (tertiary alicyclic amines) is 1. The van der Waals surface area contributed by atoms with Crippen LogP contribution in [0.15, 0.2) is 54.7 Å². The van der Waals surface area contributed by atoms with Crippen molar-refractivity contribution in [2.45, 2.75) is 32.4 Å². The minimum Gasteiger partial charge on any atom is -0.307 e. The van der Waals surface area contributed by atoms with Gasteiger partial charge in [0.15, 0.2) is 0 Å². The van der Waals surface area contributed by atoms with Crippen LogP contribution in [0.3, 0.4) is 0 Å². The minimum absolute atomic E-state index is 0.0946. The van der Waals surface area contributed by atoms with Crippen LogP contribution < -0.4 is 5.32 Å². The predicted molar refractivity (Wildman–Crippen MR) is 109 cm³/mol. The Hall–Kier alpha value is -2.44. The van der Waals surface area contributed by atoms with Crippen molar-refractivity contribution in [1.29, 1.82) is 0 Å². The summed E-state index contributed by atoms with van der Waals surface area (Å²) in [6.07, 6.45) is 3.85. The molecule has 0 unspecified atom stereocenters. The van der Waals surface area contributed by atoms with Crippen LogP contribution in [0.4, 0.5) is 5.82 Å². The lowest BCUT2D eigenvalue weighted by atomic mass is 10.1. The highest BCUT2D eigenvalue weighted by Crippen LogP contribution is 2.27. The molecule has 0 spiro atoms. The molecule has 3 heterocycles. The van der Waals surface area contributed by atoms with E-state index >= 15 is 0 Å². The van der Waals surface area contributed by atoms with Crippen molar-refractivity contribution >= 4 is 23.1 Å². The zero-order chi connectivity index (χ0) is 18.6. The minimum atomic E-state index is -0.0946. The number of nitrogens with one attached hydrogen (secondary N) is 1. The Balaban J connectivity index is 1.36. The molecule has 1 aromatic carbocycles. The molecule has 0 saturated carbocycles. The lowest BCUT2D eigenvalue weighted by molar-refractivity contribution is 0.102. The Morgan fingerprint density at radius 3 is 2.63 bits per heavy atom. The van der Waals surface area contributed by atoms with E-state index in [0.29, 0.717) is 11.6 Å². The third kappa shape index (κ3) is 4.28. The Morgan fingerprint density at radius 2 is 1.93 bits per heavy atom. The molecule has 1 aliphatic heterocycles. The van der Waals surface area contributed by atoms with Crippen LogP contribution in [0.25, 0.3) is 0 Å². The van der Waals surface area contributed by atoms with E-state index in [1.54, 1.807) is 6.20 Å². The van der Waals surface area contributed by atoms with Gasteiger partial charge in [-0.2, -0.15) is 5.10 Å². The molecule has 1 amide bonds. The quantitative estimate of drug-likeness (QED) is 0.716. The molecule has 27 heavy (non-hydrogen) atoms. The molecule has 1 fully saturated rings. The van der Waals surface area contributed by atoms with E-state index in [0.717, 1.165) is 38.3 Å². The van der Waals surface area contributed by atoms with Gasteiger partial charge in [-0.1, -0.05) is 18.2 Å². The maximum Gasteiger partial charge on any atom is 0.256 e. The van der Waals surface area contributed by atoms with E-state index in [9.17, 15) is 4.79 Å². The van der Waals surface area contributed by atoms with Crippen LogP contribution in [-0.4, -0.2) is 33.7 Å². The maximum atomic E-state index is 12.4. The fourth-order valence-electron chi connectivity index (χ4n) is 3.59. The SMILES string of the molecule is Cc1ccc(CN2CCC(n3nccc3NC(=O)c3ccccc3)CC2)s1. The van der Waals surface area contributed by atoms with Gasteiger partial charge in [0.2, 0.25) is 0 Å². The highest BCUT2D eigenvalue weighted by Gasteiger charge is 2.23. The molecule has 2 aromatic heterocycles. The third-order valence-electron chi connectivity index (χ3n) is 5.03. The van der Waals surface area contributed by atoms with Crippen LogP contribution in [0.2, 0.25) is 0 Å². The fraction of sp³-hybridized carbons (Fsp3) is 0.333. The summed E-state index contributed by atoms with van der Waals surface area (Å²) in [6.45, 7) is 5.28. The van der Waals surface area contributed by atoms with Crippen molar-refractivity contribution in [2.75, 3.05) is 18.4 Å². The first-order valence-corrected chi connectivity index (χ1v) is 10.2. The Bertz CT molecular complexity index is 894. The fourth-order valence-corrected chi connectivity index (χ4v) is 4.53. The van der Waals surface area contributed by atoms with Gasteiger partial charge >= 0.3 is 0 Å². The number of anilines is 1. The van der Waals surface area contributed by atoms with E-state index < -0.39 is 0 Å². The van der Waals surface area contributed by atoms with E-state index in [1.165, 1.54) is 9.75 Å². The van der Waals surface area contributed by atoms with Crippen LogP contribution in [0.1, 0.15) is 39.0 Å². The number of amides is 1. The summed E-state index contributed by atoms with van der Waals surface area (Å²) in [5.41, 5.74) is 0.659. The third-order valence-corrected chi connectivity index (χ3v) is 6.01. The molecule has 1 N–H and O–H groups in total. The lowest BCUT2D eigenvalue weighted by Gasteiger charge is -2.32. The number of hydrogen-bond donors (Lipinski definition) is 1. The van der Waals surface area contributed by atoms with Crippen molar-refractivity contribution in [2.24, 2.45) is 0 Å². The van der Waals surface area contributed by atoms with E-state index in [1.807, 2.05) is 52.4 Å². The zero-order valence-corrected chi connectivity index (χ0v) is 16.3. The summed E-state index contributed by atoms with van der Waals surface area (Å²) >= 11 is 1.88. The number of aryl methyl sites for hydroxylation is 1. The molecule has 4 rings (SSSR count). The first kappa shape index (κ1) is 17.9. The second-order valence-electron chi connectivity index (χ2n) is 7.00. The highest BCUT2D eigenvalue weighted by atomic mass is 32.1. The Labute approximate surface area is 163 Å². The number of aromatic nitrogens is 2. The molecule has 1 saturated heterocycles. The summed E-state index contributed by atoms with van der Waals surface area (Å²) in [6, 6.07) is 15.9. The van der Waals surface area contributed by atoms with Gasteiger partial charge in [-0.15, -0.1) is 11.3 Å². The van der Waals surface area contributed by atoms with Crippen molar-refractivity contribution in [3.63, 3.8) is 0 Å². The molecule has 1 aliphatic rings. The van der Waals surface area contributed by atoms with E-state index in [2.05, 4.69) is 34.4 Å². The molecule has 0 aliphatic carbocycles. The summed E-state index contributed by atoms with van der Waals surface area (Å²) in [7, 11) is 0. The van der Waals surface area contributed by atoms with Gasteiger partial charge in [-0.05, 0) is 44.0 Å². The van der Waals surface area contributed by atoms with Gasteiger partial charge < -0.3 is 5.32 Å². The molecule has 3 aromatic rings. The molecular weight excluding hydrogens is 356 g/mol. The second-order valence-corrected chi connectivity index (χ2v) is 8.37. The molecule has 0 atom stereocenters. The average molecular weight is 381 g/mol. The number of carbonyl (C=O) groups excluding carboxylic acids is 1. The van der Waals surface area contributed by atoms with Crippen molar-refractivity contribution in [3.8, 4) is 0 Å². The van der Waals surface area contributed by atoms with Gasteiger partial charge in [-0.25, -0.2) is 4.68 Å². The molecule has 140 valence electrons. The number of carbonyl (C=O) groups is 1. The topological polar surface area (TPSA) is 50.2 Å². The standard InChI is InChI=1S/C21H24N4OS/c1-16-7-8-19(27-16)15-24-13-10-18(11-14-24)25-20(9-12-22-25)23-21(26)17-5-3-2-4-6-17/h2-9,12,18H,10-11,13-15H2,1H3,(H,23,26). The smallest absolute Gasteiger partial charge is 0.256 e. The van der Waals surface area contributed by atoms with Crippen molar-refractivity contribution in [1.82, 2.24) is 14.7 Å². The average Bonchev–Trinajstić information content (AvgIpc) is 3.32. The molecule has 5 nitrogen and oxygen atoms in total.